The highest BCUT2D eigenvalue weighted by Gasteiger charge is 2.17. The minimum Gasteiger partial charge on any atom is -0.508 e. The number of phenols is 2. The van der Waals surface area contributed by atoms with Gasteiger partial charge in [-0.25, -0.2) is 4.39 Å². The first-order valence-electron chi connectivity index (χ1n) is 11.8. The summed E-state index contributed by atoms with van der Waals surface area (Å²) in [5.74, 6) is 1.67. The molecular weight excluding hydrogens is 479 g/mol. The number of nitriles is 1. The summed E-state index contributed by atoms with van der Waals surface area (Å²) in [7, 11) is 0. The number of benzene rings is 3. The predicted molar refractivity (Wildman–Crippen MR) is 141 cm³/mol. The van der Waals surface area contributed by atoms with Crippen LogP contribution in [-0.2, 0) is 0 Å². The van der Waals surface area contributed by atoms with Gasteiger partial charge in [-0.05, 0) is 62.3 Å². The van der Waals surface area contributed by atoms with Crippen LogP contribution in [0.4, 0.5) is 4.39 Å². The fourth-order valence-corrected chi connectivity index (χ4v) is 4.19. The fourth-order valence-electron chi connectivity index (χ4n) is 3.31. The number of hydrogen-bond donors (Lipinski definition) is 2. The molecule has 6 nitrogen and oxygen atoms in total. The normalized spacial score (nSPS) is 13.6. The Labute approximate surface area is 216 Å². The molecule has 8 heteroatoms. The van der Waals surface area contributed by atoms with E-state index in [1.54, 1.807) is 36.4 Å². The molecular formula is C28H33FN2O4S. The lowest BCUT2D eigenvalue weighted by Gasteiger charge is -2.16. The maximum Gasteiger partial charge on any atom is 0.182 e. The van der Waals surface area contributed by atoms with Gasteiger partial charge in [-0.2, -0.15) is 5.26 Å². The van der Waals surface area contributed by atoms with Crippen molar-refractivity contribution < 1.29 is 24.1 Å². The minimum absolute atomic E-state index is 0.313. The van der Waals surface area contributed by atoms with E-state index < -0.39 is 5.82 Å². The van der Waals surface area contributed by atoms with Gasteiger partial charge in [0.1, 0.15) is 23.9 Å². The summed E-state index contributed by atoms with van der Waals surface area (Å²) in [6.45, 7) is 6.40. The lowest BCUT2D eigenvalue weighted by molar-refractivity contribution is 0.238. The minimum atomic E-state index is -0.572. The molecule has 2 aliphatic rings. The van der Waals surface area contributed by atoms with Gasteiger partial charge in [-0.1, -0.05) is 36.4 Å². The van der Waals surface area contributed by atoms with Gasteiger partial charge in [0, 0.05) is 19.2 Å². The van der Waals surface area contributed by atoms with Crippen LogP contribution >= 0.6 is 11.8 Å². The van der Waals surface area contributed by atoms with Gasteiger partial charge in [0.2, 0.25) is 0 Å². The third-order valence-corrected chi connectivity index (χ3v) is 6.04. The molecule has 0 aliphatic carbocycles. The Morgan fingerprint density at radius 1 is 1.00 bits per heavy atom. The van der Waals surface area contributed by atoms with Gasteiger partial charge in [0.15, 0.2) is 11.6 Å². The van der Waals surface area contributed by atoms with Gasteiger partial charge >= 0.3 is 0 Å². The van der Waals surface area contributed by atoms with Gasteiger partial charge in [-0.3, -0.25) is 4.90 Å². The maximum absolute atomic E-state index is 13.1. The van der Waals surface area contributed by atoms with Crippen molar-refractivity contribution in [3.05, 3.63) is 78.6 Å². The highest BCUT2D eigenvalue weighted by atomic mass is 32.2. The lowest BCUT2D eigenvalue weighted by atomic mass is 10.3. The van der Waals surface area contributed by atoms with Crippen molar-refractivity contribution in [1.29, 1.82) is 5.26 Å². The second kappa shape index (κ2) is 17.1. The molecule has 0 amide bonds. The van der Waals surface area contributed by atoms with Crippen molar-refractivity contribution in [2.75, 3.05) is 38.6 Å². The molecule has 5 rings (SSSR count). The molecule has 0 unspecified atom stereocenters. The van der Waals surface area contributed by atoms with Crippen LogP contribution in [0, 0.1) is 17.1 Å². The van der Waals surface area contributed by atoms with Crippen molar-refractivity contribution in [3.63, 3.8) is 0 Å². The Hall–Kier alpha value is -3.41. The van der Waals surface area contributed by atoms with Crippen LogP contribution in [0.15, 0.2) is 77.7 Å². The molecule has 36 heavy (non-hydrogen) atoms. The van der Waals surface area contributed by atoms with Crippen LogP contribution in [0.2, 0.25) is 0 Å². The van der Waals surface area contributed by atoms with E-state index >= 15 is 0 Å². The molecule has 192 valence electrons. The predicted octanol–water partition coefficient (Wildman–Crippen LogP) is 6.10. The number of aromatic hydroxyl groups is 2. The van der Waals surface area contributed by atoms with Gasteiger partial charge < -0.3 is 19.7 Å². The van der Waals surface area contributed by atoms with Crippen molar-refractivity contribution >= 4 is 11.8 Å². The Kier molecular flexibility index (Phi) is 13.7. The van der Waals surface area contributed by atoms with E-state index in [9.17, 15) is 4.39 Å². The van der Waals surface area contributed by atoms with E-state index in [4.69, 9.17) is 24.9 Å². The Bertz CT molecular complexity index is 1040. The molecule has 0 aromatic heterocycles. The second-order valence-electron chi connectivity index (χ2n) is 7.69. The molecule has 3 aromatic carbocycles. The number of ether oxygens (including phenoxy) is 2. The number of rotatable bonds is 4. The molecule has 3 aromatic rings. The molecule has 0 spiro atoms. The molecule has 2 N–H and O–H groups in total. The zero-order valence-corrected chi connectivity index (χ0v) is 21.3. The molecule has 1 fully saturated rings. The first kappa shape index (κ1) is 28.8. The van der Waals surface area contributed by atoms with E-state index in [2.05, 4.69) is 4.90 Å². The SMILES string of the molecule is CC#N.Oc1ccc2c(c1F)SCCO2.Oc1ccccc1.c1ccc(OCCN2CCCC2)cc1. The zero-order valence-electron chi connectivity index (χ0n) is 20.5. The second-order valence-corrected chi connectivity index (χ2v) is 8.80. The third-order valence-electron chi connectivity index (χ3n) is 5.00. The average molecular weight is 513 g/mol. The van der Waals surface area contributed by atoms with Gasteiger partial charge in [0.05, 0.1) is 17.6 Å². The zero-order chi connectivity index (χ0) is 26.0. The Morgan fingerprint density at radius 2 is 1.61 bits per heavy atom. The summed E-state index contributed by atoms with van der Waals surface area (Å²) >= 11 is 1.37. The summed E-state index contributed by atoms with van der Waals surface area (Å²) in [6.07, 6.45) is 2.71. The molecule has 0 saturated carbocycles. The summed E-state index contributed by atoms with van der Waals surface area (Å²) in [5, 5.41) is 25.0. The van der Waals surface area contributed by atoms with Gasteiger partial charge in [0.25, 0.3) is 0 Å². The number of para-hydroxylation sites is 2. The lowest BCUT2D eigenvalue weighted by Crippen LogP contribution is -2.25. The molecule has 0 bridgehead atoms. The summed E-state index contributed by atoms with van der Waals surface area (Å²) in [6, 6.07) is 23.4. The van der Waals surface area contributed by atoms with Crippen LogP contribution in [0.5, 0.6) is 23.0 Å². The number of halogens is 1. The number of likely N-dealkylation sites (tertiary alicyclic amines) is 1. The molecule has 2 aliphatic heterocycles. The van der Waals surface area contributed by atoms with Crippen molar-refractivity contribution in [2.45, 2.75) is 24.7 Å². The summed E-state index contributed by atoms with van der Waals surface area (Å²) in [4.78, 5) is 2.88. The van der Waals surface area contributed by atoms with Gasteiger partial charge in [-0.15, -0.1) is 11.8 Å². The van der Waals surface area contributed by atoms with E-state index in [1.807, 2.05) is 36.4 Å². The highest BCUT2D eigenvalue weighted by molar-refractivity contribution is 7.99. The van der Waals surface area contributed by atoms with E-state index in [0.29, 0.717) is 23.0 Å². The monoisotopic (exact) mass is 512 g/mol. The van der Waals surface area contributed by atoms with Crippen molar-refractivity contribution in [3.8, 4) is 29.1 Å². The average Bonchev–Trinajstić information content (AvgIpc) is 3.43. The smallest absolute Gasteiger partial charge is 0.182 e. The quantitative estimate of drug-likeness (QED) is 0.437. The summed E-state index contributed by atoms with van der Waals surface area (Å²) in [5.41, 5.74) is 0. The molecule has 0 radical (unpaired) electrons. The van der Waals surface area contributed by atoms with Crippen LogP contribution in [0.1, 0.15) is 19.8 Å². The number of phenolic OH excluding ortho intramolecular Hbond substituents is 2. The van der Waals surface area contributed by atoms with E-state index in [-0.39, 0.29) is 5.75 Å². The molecule has 2 heterocycles. The molecule has 0 atom stereocenters. The first-order chi connectivity index (χ1) is 17.5. The summed E-state index contributed by atoms with van der Waals surface area (Å²) < 4.78 is 23.9. The van der Waals surface area contributed by atoms with Crippen LogP contribution in [0.25, 0.3) is 0 Å². The maximum atomic E-state index is 13.1. The van der Waals surface area contributed by atoms with Crippen molar-refractivity contribution in [2.24, 2.45) is 0 Å². The number of nitrogens with zero attached hydrogens (tertiary/aromatic N) is 2. The van der Waals surface area contributed by atoms with Crippen molar-refractivity contribution in [1.82, 2.24) is 4.90 Å². The first-order valence-corrected chi connectivity index (χ1v) is 12.8. The van der Waals surface area contributed by atoms with E-state index in [1.165, 1.54) is 50.7 Å². The van der Waals surface area contributed by atoms with Crippen LogP contribution in [-0.4, -0.2) is 53.7 Å². The largest absolute Gasteiger partial charge is 0.508 e. The third kappa shape index (κ3) is 10.9. The fraction of sp³-hybridized carbons (Fsp3) is 0.321. The van der Waals surface area contributed by atoms with Crippen LogP contribution in [0.3, 0.4) is 0 Å². The molecule has 1 saturated heterocycles. The topological polar surface area (TPSA) is 86.0 Å². The number of thioether (sulfide) groups is 1. The number of fused-ring (bicyclic) bond motifs is 1. The van der Waals surface area contributed by atoms with Crippen LogP contribution < -0.4 is 9.47 Å². The highest BCUT2D eigenvalue weighted by Crippen LogP contribution is 2.38. The Morgan fingerprint density at radius 3 is 2.19 bits per heavy atom. The number of hydrogen-bond acceptors (Lipinski definition) is 7. The van der Waals surface area contributed by atoms with E-state index in [0.717, 1.165) is 24.7 Å². The standard InChI is InChI=1S/C12H17NO.C8H7FO2S.C6H6O.C2H3N/c1-2-6-12(7-3-1)14-11-10-13-8-4-5-9-13;9-7-5(10)1-2-6-8(7)12-4-3-11-6;7-6-4-2-1-3-5-6;1-2-3/h1-3,6-7H,4-5,8-11H2;1-2,10H,3-4H2;1-5,7H;1H3. The Balaban J connectivity index is 0.000000188.